The van der Waals surface area contributed by atoms with Gasteiger partial charge >= 0.3 is 0 Å². The van der Waals surface area contributed by atoms with Gasteiger partial charge < -0.3 is 14.8 Å². The van der Waals surface area contributed by atoms with Crippen molar-refractivity contribution in [3.63, 3.8) is 0 Å². The Morgan fingerprint density at radius 2 is 2.14 bits per heavy atom. The third-order valence-electron chi connectivity index (χ3n) is 2.23. The molecule has 3 nitrogen and oxygen atoms in total. The summed E-state index contributed by atoms with van der Waals surface area (Å²) in [7, 11) is 1.94. The molecule has 1 aromatic rings. The molecule has 0 saturated carbocycles. The fourth-order valence-corrected chi connectivity index (χ4v) is 1.60. The first-order valence-electron chi connectivity index (χ1n) is 4.87. The lowest BCUT2D eigenvalue weighted by Crippen LogP contribution is -2.06. The van der Waals surface area contributed by atoms with E-state index in [9.17, 15) is 0 Å². The molecule has 76 valence electrons. The number of hydrogen-bond acceptors (Lipinski definition) is 3. The van der Waals surface area contributed by atoms with E-state index in [4.69, 9.17) is 9.47 Å². The van der Waals surface area contributed by atoms with Crippen molar-refractivity contribution in [1.82, 2.24) is 5.32 Å². The van der Waals surface area contributed by atoms with Gasteiger partial charge in [0.25, 0.3) is 0 Å². The number of ether oxygens (including phenoxy) is 2. The summed E-state index contributed by atoms with van der Waals surface area (Å²) in [4.78, 5) is 0. The fraction of sp³-hybridized carbons (Fsp3) is 0.455. The normalized spacial score (nSPS) is 17.5. The molecule has 1 heterocycles. The molecule has 0 atom stereocenters. The van der Waals surface area contributed by atoms with Gasteiger partial charge in [-0.25, -0.2) is 0 Å². The molecule has 0 unspecified atom stereocenters. The van der Waals surface area contributed by atoms with E-state index in [2.05, 4.69) is 17.4 Å². The number of hydrogen-bond donors (Lipinski definition) is 1. The van der Waals surface area contributed by atoms with E-state index in [1.807, 2.05) is 19.2 Å². The monoisotopic (exact) mass is 193 g/mol. The van der Waals surface area contributed by atoms with Gasteiger partial charge in [-0.2, -0.15) is 0 Å². The summed E-state index contributed by atoms with van der Waals surface area (Å²) in [5, 5.41) is 3.12. The lowest BCUT2D eigenvalue weighted by Gasteiger charge is -2.10. The minimum atomic E-state index is -0.160. The first-order valence-corrected chi connectivity index (χ1v) is 4.87. The molecular formula is C11H15NO2. The van der Waals surface area contributed by atoms with Crippen LogP contribution in [0, 0.1) is 0 Å². The van der Waals surface area contributed by atoms with E-state index in [1.165, 1.54) is 5.56 Å². The average molecular weight is 193 g/mol. The highest BCUT2D eigenvalue weighted by Crippen LogP contribution is 2.23. The summed E-state index contributed by atoms with van der Waals surface area (Å²) in [6, 6.07) is 8.28. The van der Waals surface area contributed by atoms with Gasteiger partial charge in [0.05, 0.1) is 13.2 Å². The summed E-state index contributed by atoms with van der Waals surface area (Å²) in [5.41, 5.74) is 2.36. The zero-order valence-corrected chi connectivity index (χ0v) is 8.32. The van der Waals surface area contributed by atoms with Crippen molar-refractivity contribution in [3.05, 3.63) is 35.4 Å². The fourth-order valence-electron chi connectivity index (χ4n) is 1.60. The Hall–Kier alpha value is -0.900. The second-order valence-electron chi connectivity index (χ2n) is 3.35. The van der Waals surface area contributed by atoms with Crippen molar-refractivity contribution in [1.29, 1.82) is 0 Å². The van der Waals surface area contributed by atoms with Gasteiger partial charge in [-0.05, 0) is 18.7 Å². The molecule has 14 heavy (non-hydrogen) atoms. The predicted molar refractivity (Wildman–Crippen MR) is 53.9 cm³/mol. The first-order chi connectivity index (χ1) is 6.90. The van der Waals surface area contributed by atoms with Crippen LogP contribution in [0.3, 0.4) is 0 Å². The average Bonchev–Trinajstić information content (AvgIpc) is 2.71. The molecule has 0 aliphatic carbocycles. The second-order valence-corrected chi connectivity index (χ2v) is 3.35. The predicted octanol–water partition coefficient (Wildman–Crippen LogP) is 1.45. The minimum absolute atomic E-state index is 0.160. The van der Waals surface area contributed by atoms with Gasteiger partial charge in [-0.15, -0.1) is 0 Å². The van der Waals surface area contributed by atoms with Crippen LogP contribution >= 0.6 is 0 Å². The van der Waals surface area contributed by atoms with Crippen molar-refractivity contribution in [3.8, 4) is 0 Å². The molecule has 0 aromatic heterocycles. The largest absolute Gasteiger partial charge is 0.346 e. The zero-order valence-electron chi connectivity index (χ0n) is 8.32. The molecule has 0 bridgehead atoms. The maximum Gasteiger partial charge on any atom is 0.184 e. The molecule has 1 saturated heterocycles. The minimum Gasteiger partial charge on any atom is -0.346 e. The highest BCUT2D eigenvalue weighted by atomic mass is 16.7. The molecule has 0 amide bonds. The lowest BCUT2D eigenvalue weighted by molar-refractivity contribution is -0.0441. The van der Waals surface area contributed by atoms with Crippen molar-refractivity contribution in [2.45, 2.75) is 12.8 Å². The molecule has 2 rings (SSSR count). The summed E-state index contributed by atoms with van der Waals surface area (Å²) < 4.78 is 10.9. The quantitative estimate of drug-likeness (QED) is 0.788. The molecule has 1 N–H and O–H groups in total. The molecule has 1 aliphatic heterocycles. The standard InChI is InChI=1S/C11H15NO2/c1-12-8-9-3-2-4-10(7-9)11-13-5-6-14-11/h2-4,7,11-12H,5-6,8H2,1H3. The Kier molecular flexibility index (Phi) is 3.14. The van der Waals surface area contributed by atoms with Crippen molar-refractivity contribution >= 4 is 0 Å². The van der Waals surface area contributed by atoms with Crippen LogP contribution < -0.4 is 5.32 Å². The highest BCUT2D eigenvalue weighted by molar-refractivity contribution is 5.24. The van der Waals surface area contributed by atoms with Gasteiger partial charge in [0.2, 0.25) is 0 Å². The summed E-state index contributed by atoms with van der Waals surface area (Å²) >= 11 is 0. The van der Waals surface area contributed by atoms with E-state index < -0.39 is 0 Å². The molecular weight excluding hydrogens is 178 g/mol. The molecule has 0 spiro atoms. The molecule has 1 fully saturated rings. The topological polar surface area (TPSA) is 30.5 Å². The smallest absolute Gasteiger partial charge is 0.184 e. The van der Waals surface area contributed by atoms with Crippen molar-refractivity contribution in [2.24, 2.45) is 0 Å². The van der Waals surface area contributed by atoms with Crippen LogP contribution in [-0.4, -0.2) is 20.3 Å². The molecule has 1 aliphatic rings. The van der Waals surface area contributed by atoms with Crippen LogP contribution in [-0.2, 0) is 16.0 Å². The van der Waals surface area contributed by atoms with Gasteiger partial charge in [-0.3, -0.25) is 0 Å². The summed E-state index contributed by atoms with van der Waals surface area (Å²) in [6.45, 7) is 2.27. The SMILES string of the molecule is CNCc1cccc(C2OCCO2)c1. The third kappa shape index (κ3) is 2.12. The number of benzene rings is 1. The molecule has 1 aromatic carbocycles. The Morgan fingerprint density at radius 3 is 2.86 bits per heavy atom. The van der Waals surface area contributed by atoms with E-state index in [1.54, 1.807) is 0 Å². The Labute approximate surface area is 84.0 Å². The van der Waals surface area contributed by atoms with Crippen LogP contribution in [0.2, 0.25) is 0 Å². The van der Waals surface area contributed by atoms with Gasteiger partial charge in [0.15, 0.2) is 6.29 Å². The zero-order chi connectivity index (χ0) is 9.80. The van der Waals surface area contributed by atoms with Gasteiger partial charge in [0.1, 0.15) is 0 Å². The van der Waals surface area contributed by atoms with E-state index in [0.717, 1.165) is 12.1 Å². The van der Waals surface area contributed by atoms with Crippen molar-refractivity contribution < 1.29 is 9.47 Å². The van der Waals surface area contributed by atoms with Crippen LogP contribution in [0.15, 0.2) is 24.3 Å². The van der Waals surface area contributed by atoms with Crippen LogP contribution in [0.1, 0.15) is 17.4 Å². The number of nitrogens with one attached hydrogen (secondary N) is 1. The highest BCUT2D eigenvalue weighted by Gasteiger charge is 2.17. The van der Waals surface area contributed by atoms with E-state index >= 15 is 0 Å². The molecule has 3 heteroatoms. The third-order valence-corrected chi connectivity index (χ3v) is 2.23. The summed E-state index contributed by atoms with van der Waals surface area (Å²) in [5.74, 6) is 0. The van der Waals surface area contributed by atoms with Crippen LogP contribution in [0.5, 0.6) is 0 Å². The van der Waals surface area contributed by atoms with Crippen LogP contribution in [0.25, 0.3) is 0 Å². The number of rotatable bonds is 3. The van der Waals surface area contributed by atoms with Crippen molar-refractivity contribution in [2.75, 3.05) is 20.3 Å². The van der Waals surface area contributed by atoms with Crippen LogP contribution in [0.4, 0.5) is 0 Å². The van der Waals surface area contributed by atoms with E-state index in [0.29, 0.717) is 13.2 Å². The Balaban J connectivity index is 2.12. The Bertz CT molecular complexity index is 295. The first kappa shape index (κ1) is 9.65. The molecule has 0 radical (unpaired) electrons. The van der Waals surface area contributed by atoms with Gasteiger partial charge in [0, 0.05) is 12.1 Å². The summed E-state index contributed by atoms with van der Waals surface area (Å²) in [6.07, 6.45) is -0.160. The van der Waals surface area contributed by atoms with Gasteiger partial charge in [-0.1, -0.05) is 18.2 Å². The van der Waals surface area contributed by atoms with E-state index in [-0.39, 0.29) is 6.29 Å². The second kappa shape index (κ2) is 4.55. The Morgan fingerprint density at radius 1 is 1.36 bits per heavy atom. The lowest BCUT2D eigenvalue weighted by atomic mass is 10.1. The maximum atomic E-state index is 5.43. The maximum absolute atomic E-state index is 5.43.